The molecule has 3 N–H and O–H groups in total. The number of halogens is 1. The normalized spacial score (nSPS) is 10.2. The lowest BCUT2D eigenvalue weighted by Crippen LogP contribution is -2.08. The molecular formula is C13H14FN3O. The number of aromatic nitrogens is 1. The smallest absolute Gasteiger partial charge is 0.139 e. The van der Waals surface area contributed by atoms with Crippen LogP contribution in [0.25, 0.3) is 0 Å². The zero-order chi connectivity index (χ0) is 13.0. The molecule has 2 aromatic rings. The van der Waals surface area contributed by atoms with E-state index >= 15 is 0 Å². The summed E-state index contributed by atoms with van der Waals surface area (Å²) in [6.45, 7) is 2.18. The fraction of sp³-hybridized carbons (Fsp3) is 0.154. The van der Waals surface area contributed by atoms with E-state index in [0.29, 0.717) is 18.2 Å². The Hall–Kier alpha value is -2.14. The number of hydrogen-bond acceptors (Lipinski definition) is 4. The molecule has 1 heterocycles. The first-order valence-corrected chi connectivity index (χ1v) is 5.49. The first kappa shape index (κ1) is 12.3. The molecule has 0 fully saturated rings. The largest absolute Gasteiger partial charge is 0.489 e. The van der Waals surface area contributed by atoms with Gasteiger partial charge in [-0.3, -0.25) is 0 Å². The summed E-state index contributed by atoms with van der Waals surface area (Å²) in [6.07, 6.45) is 1.67. The number of nitrogens with one attached hydrogen (secondary N) is 1. The van der Waals surface area contributed by atoms with E-state index in [4.69, 9.17) is 10.6 Å². The van der Waals surface area contributed by atoms with Crippen molar-refractivity contribution < 1.29 is 9.13 Å². The van der Waals surface area contributed by atoms with Gasteiger partial charge in [-0.05, 0) is 36.8 Å². The van der Waals surface area contributed by atoms with Crippen molar-refractivity contribution in [3.8, 4) is 5.75 Å². The van der Waals surface area contributed by atoms with Gasteiger partial charge in [-0.25, -0.2) is 15.2 Å². The SMILES string of the molecule is Cc1cc(F)ccc1OCc1ccc(NN)nc1. The van der Waals surface area contributed by atoms with E-state index in [1.165, 1.54) is 12.1 Å². The highest BCUT2D eigenvalue weighted by Gasteiger charge is 2.02. The van der Waals surface area contributed by atoms with E-state index in [9.17, 15) is 4.39 Å². The lowest BCUT2D eigenvalue weighted by Gasteiger charge is -2.09. The molecule has 0 unspecified atom stereocenters. The molecule has 0 bridgehead atoms. The van der Waals surface area contributed by atoms with Crippen LogP contribution in [0.5, 0.6) is 5.75 Å². The van der Waals surface area contributed by atoms with Crippen LogP contribution in [0, 0.1) is 12.7 Å². The molecule has 0 aliphatic carbocycles. The fourth-order valence-electron chi connectivity index (χ4n) is 1.53. The lowest BCUT2D eigenvalue weighted by atomic mass is 10.2. The molecule has 1 aromatic carbocycles. The van der Waals surface area contributed by atoms with Gasteiger partial charge in [0.2, 0.25) is 0 Å². The Morgan fingerprint density at radius 3 is 2.78 bits per heavy atom. The van der Waals surface area contributed by atoms with Gasteiger partial charge in [0.25, 0.3) is 0 Å². The second-order valence-corrected chi connectivity index (χ2v) is 3.89. The van der Waals surface area contributed by atoms with Crippen LogP contribution >= 0.6 is 0 Å². The third-order valence-corrected chi connectivity index (χ3v) is 2.50. The molecule has 4 nitrogen and oxygen atoms in total. The van der Waals surface area contributed by atoms with Gasteiger partial charge in [0.1, 0.15) is 24.0 Å². The Labute approximate surface area is 105 Å². The molecule has 1 aromatic heterocycles. The first-order valence-electron chi connectivity index (χ1n) is 5.49. The van der Waals surface area contributed by atoms with Gasteiger partial charge in [0.15, 0.2) is 0 Å². The predicted molar refractivity (Wildman–Crippen MR) is 67.5 cm³/mol. The zero-order valence-corrected chi connectivity index (χ0v) is 9.98. The van der Waals surface area contributed by atoms with Crippen molar-refractivity contribution in [1.82, 2.24) is 4.98 Å². The lowest BCUT2D eigenvalue weighted by molar-refractivity contribution is 0.303. The summed E-state index contributed by atoms with van der Waals surface area (Å²) < 4.78 is 18.5. The van der Waals surface area contributed by atoms with Crippen molar-refractivity contribution >= 4 is 5.82 Å². The maximum absolute atomic E-state index is 12.9. The number of ether oxygens (including phenoxy) is 1. The average Bonchev–Trinajstić information content (AvgIpc) is 2.38. The number of rotatable bonds is 4. The van der Waals surface area contributed by atoms with Crippen LogP contribution in [0.2, 0.25) is 0 Å². The molecule has 0 saturated heterocycles. The molecule has 18 heavy (non-hydrogen) atoms. The van der Waals surface area contributed by atoms with Crippen molar-refractivity contribution in [3.63, 3.8) is 0 Å². The van der Waals surface area contributed by atoms with Crippen molar-refractivity contribution in [2.24, 2.45) is 5.84 Å². The topological polar surface area (TPSA) is 60.2 Å². The Bertz CT molecular complexity index is 528. The number of hydrazine groups is 1. The second-order valence-electron chi connectivity index (χ2n) is 3.89. The minimum Gasteiger partial charge on any atom is -0.489 e. The highest BCUT2D eigenvalue weighted by molar-refractivity contribution is 5.35. The quantitative estimate of drug-likeness (QED) is 0.643. The maximum Gasteiger partial charge on any atom is 0.139 e. The molecule has 0 radical (unpaired) electrons. The Morgan fingerprint density at radius 2 is 2.17 bits per heavy atom. The van der Waals surface area contributed by atoms with Crippen LogP contribution in [0.15, 0.2) is 36.5 Å². The van der Waals surface area contributed by atoms with E-state index in [1.807, 2.05) is 6.07 Å². The minimum atomic E-state index is -0.264. The van der Waals surface area contributed by atoms with Crippen LogP contribution in [-0.4, -0.2) is 4.98 Å². The molecular weight excluding hydrogens is 233 g/mol. The number of nitrogen functional groups attached to an aromatic ring is 1. The molecule has 0 atom stereocenters. The number of pyridine rings is 1. The van der Waals surface area contributed by atoms with Gasteiger partial charge in [0, 0.05) is 11.8 Å². The number of benzene rings is 1. The average molecular weight is 247 g/mol. The highest BCUT2D eigenvalue weighted by atomic mass is 19.1. The summed E-state index contributed by atoms with van der Waals surface area (Å²) in [7, 11) is 0. The molecule has 0 amide bonds. The highest BCUT2D eigenvalue weighted by Crippen LogP contribution is 2.19. The van der Waals surface area contributed by atoms with E-state index in [2.05, 4.69) is 10.4 Å². The van der Waals surface area contributed by atoms with E-state index in [0.717, 1.165) is 11.1 Å². The molecule has 0 aliphatic heterocycles. The van der Waals surface area contributed by atoms with Crippen LogP contribution < -0.4 is 16.0 Å². The molecule has 5 heteroatoms. The van der Waals surface area contributed by atoms with Gasteiger partial charge in [-0.1, -0.05) is 6.07 Å². The number of nitrogens with two attached hydrogens (primary N) is 1. The Kier molecular flexibility index (Phi) is 3.74. The maximum atomic E-state index is 12.9. The molecule has 0 saturated carbocycles. The first-order chi connectivity index (χ1) is 8.69. The van der Waals surface area contributed by atoms with E-state index < -0.39 is 0 Å². The summed E-state index contributed by atoms with van der Waals surface area (Å²) in [5.74, 6) is 6.21. The Balaban J connectivity index is 2.02. The minimum absolute atomic E-state index is 0.264. The zero-order valence-electron chi connectivity index (χ0n) is 9.98. The van der Waals surface area contributed by atoms with Gasteiger partial charge < -0.3 is 10.2 Å². The summed E-state index contributed by atoms with van der Waals surface area (Å²) >= 11 is 0. The third kappa shape index (κ3) is 2.95. The standard InChI is InChI=1S/C13H14FN3O/c1-9-6-11(14)3-4-12(9)18-8-10-2-5-13(17-15)16-7-10/h2-7H,8,15H2,1H3,(H,16,17). The molecule has 2 rings (SSSR count). The van der Waals surface area contributed by atoms with Crippen molar-refractivity contribution in [2.45, 2.75) is 13.5 Å². The van der Waals surface area contributed by atoms with Gasteiger partial charge in [-0.15, -0.1) is 0 Å². The number of anilines is 1. The summed E-state index contributed by atoms with van der Waals surface area (Å²) in [4.78, 5) is 4.07. The van der Waals surface area contributed by atoms with E-state index in [1.54, 1.807) is 25.3 Å². The Morgan fingerprint density at radius 1 is 1.33 bits per heavy atom. The van der Waals surface area contributed by atoms with Gasteiger partial charge in [-0.2, -0.15) is 0 Å². The summed E-state index contributed by atoms with van der Waals surface area (Å²) in [5.41, 5.74) is 4.13. The predicted octanol–water partition coefficient (Wildman–Crippen LogP) is 2.39. The fourth-order valence-corrected chi connectivity index (χ4v) is 1.53. The van der Waals surface area contributed by atoms with Crippen molar-refractivity contribution in [3.05, 3.63) is 53.5 Å². The van der Waals surface area contributed by atoms with Gasteiger partial charge in [0.05, 0.1) is 0 Å². The monoisotopic (exact) mass is 247 g/mol. The second kappa shape index (κ2) is 5.46. The van der Waals surface area contributed by atoms with Crippen LogP contribution in [0.4, 0.5) is 10.2 Å². The molecule has 94 valence electrons. The molecule has 0 aliphatic rings. The molecule has 0 spiro atoms. The summed E-state index contributed by atoms with van der Waals surface area (Å²) in [5, 5.41) is 0. The van der Waals surface area contributed by atoms with Gasteiger partial charge >= 0.3 is 0 Å². The summed E-state index contributed by atoms with van der Waals surface area (Å²) in [6, 6.07) is 8.06. The van der Waals surface area contributed by atoms with Crippen LogP contribution in [-0.2, 0) is 6.61 Å². The van der Waals surface area contributed by atoms with Crippen LogP contribution in [0.1, 0.15) is 11.1 Å². The number of hydrogen-bond donors (Lipinski definition) is 2. The van der Waals surface area contributed by atoms with Crippen molar-refractivity contribution in [1.29, 1.82) is 0 Å². The number of nitrogens with zero attached hydrogens (tertiary/aromatic N) is 1. The van der Waals surface area contributed by atoms with Crippen LogP contribution in [0.3, 0.4) is 0 Å². The van der Waals surface area contributed by atoms with Crippen molar-refractivity contribution in [2.75, 3.05) is 5.43 Å². The third-order valence-electron chi connectivity index (χ3n) is 2.50. The number of aryl methyl sites for hydroxylation is 1. The van der Waals surface area contributed by atoms with E-state index in [-0.39, 0.29) is 5.82 Å².